The highest BCUT2D eigenvalue weighted by atomic mass is 35.5. The minimum absolute atomic E-state index is 0.0427. The van der Waals surface area contributed by atoms with E-state index in [9.17, 15) is 14.4 Å². The van der Waals surface area contributed by atoms with E-state index in [0.717, 1.165) is 19.3 Å². The number of fused-ring (bicyclic) bond motifs is 3. The second-order valence-corrected chi connectivity index (χ2v) is 14.1. The van der Waals surface area contributed by atoms with Crippen LogP contribution in [0.25, 0.3) is 0 Å². The zero-order valence-corrected chi connectivity index (χ0v) is 25.9. The summed E-state index contributed by atoms with van der Waals surface area (Å²) in [7, 11) is 1.91. The molecule has 2 bridgehead atoms. The Morgan fingerprint density at radius 3 is 2.19 bits per heavy atom. The summed E-state index contributed by atoms with van der Waals surface area (Å²) in [5.41, 5.74) is 5.00. The SMILES string of the molecule is CN1[C@@H](C(=O)NC23CCC(C(N)=O)(CC2)CC3)[C@H](c2cccc(Cl)c2F)[C@H](C(=O)Nc2cccc(Cl)c2)C12CCCCC2. The molecule has 5 aliphatic rings. The van der Waals surface area contributed by atoms with Gasteiger partial charge in [-0.1, -0.05) is 60.7 Å². The van der Waals surface area contributed by atoms with Gasteiger partial charge in [-0.25, -0.2) is 4.39 Å². The summed E-state index contributed by atoms with van der Waals surface area (Å²) < 4.78 is 15.9. The highest BCUT2D eigenvalue weighted by Crippen LogP contribution is 2.56. The number of nitrogens with two attached hydrogens (primary N) is 1. The number of carbonyl (C=O) groups excluding carboxylic acids is 3. The van der Waals surface area contributed by atoms with Crippen LogP contribution in [-0.2, 0) is 14.4 Å². The first-order chi connectivity index (χ1) is 20.5. The number of likely N-dealkylation sites (tertiary alicyclic amines) is 1. The topological polar surface area (TPSA) is 105 Å². The number of hydrogen-bond acceptors (Lipinski definition) is 4. The molecule has 0 unspecified atom stereocenters. The van der Waals surface area contributed by atoms with E-state index >= 15 is 4.39 Å². The molecule has 2 aromatic rings. The number of likely N-dealkylation sites (N-methyl/N-ethyl adjacent to an activating group) is 1. The molecule has 0 radical (unpaired) electrons. The molecule has 230 valence electrons. The Bertz CT molecular complexity index is 1420. The molecule has 4 aliphatic carbocycles. The van der Waals surface area contributed by atoms with Crippen molar-refractivity contribution in [3.63, 3.8) is 0 Å². The summed E-state index contributed by atoms with van der Waals surface area (Å²) in [6, 6.07) is 11.0. The number of carbonyl (C=O) groups is 3. The second-order valence-electron chi connectivity index (χ2n) is 13.3. The third-order valence-corrected chi connectivity index (χ3v) is 11.8. The molecule has 1 spiro atoms. The molecular weight excluding hydrogens is 590 g/mol. The molecule has 1 heterocycles. The summed E-state index contributed by atoms with van der Waals surface area (Å²) in [5.74, 6) is -2.85. The van der Waals surface area contributed by atoms with Gasteiger partial charge in [0.2, 0.25) is 17.7 Å². The molecular formula is C33H39Cl2FN4O3. The Labute approximate surface area is 262 Å². The first-order valence-electron chi connectivity index (χ1n) is 15.4. The molecule has 1 saturated heterocycles. The summed E-state index contributed by atoms with van der Waals surface area (Å²) in [6.07, 6.45) is 8.20. The number of anilines is 1. The number of benzene rings is 2. The first-order valence-corrected chi connectivity index (χ1v) is 16.1. The van der Waals surface area contributed by atoms with Gasteiger partial charge in [-0.3, -0.25) is 19.3 Å². The number of rotatable bonds is 6. The number of amides is 3. The van der Waals surface area contributed by atoms with Crippen LogP contribution in [0.15, 0.2) is 42.5 Å². The van der Waals surface area contributed by atoms with Crippen LogP contribution in [0.2, 0.25) is 10.0 Å². The van der Waals surface area contributed by atoms with Crippen molar-refractivity contribution < 1.29 is 18.8 Å². The average Bonchev–Trinajstić information content (AvgIpc) is 3.23. The molecule has 43 heavy (non-hydrogen) atoms. The van der Waals surface area contributed by atoms with Crippen LogP contribution in [-0.4, -0.2) is 46.8 Å². The van der Waals surface area contributed by atoms with E-state index in [1.54, 1.807) is 36.4 Å². The van der Waals surface area contributed by atoms with Gasteiger partial charge in [0.1, 0.15) is 5.82 Å². The fourth-order valence-corrected chi connectivity index (χ4v) is 9.19. The Morgan fingerprint density at radius 1 is 0.907 bits per heavy atom. The van der Waals surface area contributed by atoms with Crippen LogP contribution in [0.1, 0.15) is 82.1 Å². The van der Waals surface area contributed by atoms with Crippen molar-refractivity contribution in [1.82, 2.24) is 10.2 Å². The molecule has 7 rings (SSSR count). The maximum atomic E-state index is 15.9. The number of halogens is 3. The van der Waals surface area contributed by atoms with Gasteiger partial charge in [-0.05, 0) is 88.2 Å². The molecule has 0 aromatic heterocycles. The summed E-state index contributed by atoms with van der Waals surface area (Å²) >= 11 is 12.5. The van der Waals surface area contributed by atoms with E-state index in [2.05, 4.69) is 15.5 Å². The van der Waals surface area contributed by atoms with E-state index in [4.69, 9.17) is 28.9 Å². The normalized spacial score (nSPS) is 31.6. The highest BCUT2D eigenvalue weighted by Gasteiger charge is 2.63. The maximum Gasteiger partial charge on any atom is 0.238 e. The average molecular weight is 630 g/mol. The van der Waals surface area contributed by atoms with Gasteiger partial charge < -0.3 is 16.4 Å². The number of nitrogens with zero attached hydrogens (tertiary/aromatic N) is 1. The lowest BCUT2D eigenvalue weighted by Gasteiger charge is -2.52. The molecule has 10 heteroatoms. The van der Waals surface area contributed by atoms with Crippen LogP contribution in [0.4, 0.5) is 10.1 Å². The van der Waals surface area contributed by atoms with Gasteiger partial charge in [-0.15, -0.1) is 0 Å². The van der Waals surface area contributed by atoms with Crippen molar-refractivity contribution in [2.75, 3.05) is 12.4 Å². The first kappa shape index (κ1) is 30.4. The highest BCUT2D eigenvalue weighted by molar-refractivity contribution is 6.31. The number of primary amides is 1. The Balaban J connectivity index is 1.40. The minimum Gasteiger partial charge on any atom is -0.369 e. The summed E-state index contributed by atoms with van der Waals surface area (Å²) in [5, 5.41) is 6.88. The summed E-state index contributed by atoms with van der Waals surface area (Å²) in [6.45, 7) is 0. The van der Waals surface area contributed by atoms with E-state index < -0.39 is 40.2 Å². The van der Waals surface area contributed by atoms with Gasteiger partial charge in [0.05, 0.1) is 17.0 Å². The third kappa shape index (κ3) is 5.13. The van der Waals surface area contributed by atoms with Crippen LogP contribution in [0.5, 0.6) is 0 Å². The van der Waals surface area contributed by atoms with E-state index in [0.29, 0.717) is 62.1 Å². The minimum atomic E-state index is -0.805. The Morgan fingerprint density at radius 2 is 1.56 bits per heavy atom. The van der Waals surface area contributed by atoms with Crippen molar-refractivity contribution in [2.24, 2.45) is 17.1 Å². The fourth-order valence-electron chi connectivity index (χ4n) is 8.82. The molecule has 3 amide bonds. The molecule has 7 nitrogen and oxygen atoms in total. The van der Waals surface area contributed by atoms with E-state index in [-0.39, 0.29) is 28.3 Å². The Kier molecular flexibility index (Phi) is 8.01. The smallest absolute Gasteiger partial charge is 0.238 e. The predicted molar refractivity (Wildman–Crippen MR) is 165 cm³/mol. The van der Waals surface area contributed by atoms with Crippen molar-refractivity contribution in [3.05, 3.63) is 63.9 Å². The van der Waals surface area contributed by atoms with Crippen LogP contribution >= 0.6 is 23.2 Å². The molecule has 1 aliphatic heterocycles. The van der Waals surface area contributed by atoms with E-state index in [1.807, 2.05) is 7.05 Å². The maximum absolute atomic E-state index is 15.9. The van der Waals surface area contributed by atoms with Gasteiger partial charge in [0.15, 0.2) is 0 Å². The van der Waals surface area contributed by atoms with Crippen LogP contribution in [0.3, 0.4) is 0 Å². The number of nitrogens with one attached hydrogen (secondary N) is 2. The lowest BCUT2D eigenvalue weighted by Crippen LogP contribution is -2.62. The lowest BCUT2D eigenvalue weighted by molar-refractivity contribution is -0.138. The van der Waals surface area contributed by atoms with Crippen molar-refractivity contribution >= 4 is 46.6 Å². The van der Waals surface area contributed by atoms with Crippen molar-refractivity contribution in [1.29, 1.82) is 0 Å². The lowest BCUT2D eigenvalue weighted by atomic mass is 9.57. The Hall–Kier alpha value is -2.68. The van der Waals surface area contributed by atoms with Crippen molar-refractivity contribution in [2.45, 2.75) is 93.7 Å². The molecule has 3 atom stereocenters. The largest absolute Gasteiger partial charge is 0.369 e. The van der Waals surface area contributed by atoms with Gasteiger partial charge in [-0.2, -0.15) is 0 Å². The quantitative estimate of drug-likeness (QED) is 0.355. The number of hydrogen-bond donors (Lipinski definition) is 3. The van der Waals surface area contributed by atoms with Crippen molar-refractivity contribution in [3.8, 4) is 0 Å². The zero-order valence-electron chi connectivity index (χ0n) is 24.4. The summed E-state index contributed by atoms with van der Waals surface area (Å²) in [4.78, 5) is 43.2. The van der Waals surface area contributed by atoms with Crippen LogP contribution in [0, 0.1) is 17.2 Å². The van der Waals surface area contributed by atoms with E-state index in [1.165, 1.54) is 6.07 Å². The molecule has 2 aromatic carbocycles. The molecule has 4 saturated carbocycles. The molecule has 4 N–H and O–H groups in total. The second kappa shape index (κ2) is 11.4. The fraction of sp³-hybridized carbons (Fsp3) is 0.545. The predicted octanol–water partition coefficient (Wildman–Crippen LogP) is 6.18. The van der Waals surface area contributed by atoms with Crippen LogP contribution < -0.4 is 16.4 Å². The monoisotopic (exact) mass is 628 g/mol. The molecule has 5 fully saturated rings. The van der Waals surface area contributed by atoms with Gasteiger partial charge in [0.25, 0.3) is 0 Å². The van der Waals surface area contributed by atoms with Gasteiger partial charge >= 0.3 is 0 Å². The van der Waals surface area contributed by atoms with Gasteiger partial charge in [0, 0.05) is 33.1 Å². The zero-order chi connectivity index (χ0) is 30.6. The third-order valence-electron chi connectivity index (χ3n) is 11.3. The standard InChI is InChI=1S/C33H39Cl2FN4O3/c1-40-27(29(42)39-32-16-13-31(14-17-32,15-18-32)30(37)43)24(22-9-6-10-23(35)26(22)36)25(33(40)11-3-2-4-12-33)28(41)38-21-8-5-7-20(34)19-21/h5-10,19,24-25,27H,2-4,11-18H2,1H3,(H2,37,43)(H,38,41)(H,39,42)/t24-,25-,27-,31?,32?/m1/s1.